The Morgan fingerprint density at radius 3 is 2.36 bits per heavy atom. The summed E-state index contributed by atoms with van der Waals surface area (Å²) in [4.78, 5) is 28.3. The monoisotopic (exact) mass is 303 g/mol. The quantitative estimate of drug-likeness (QED) is 0.911. The maximum atomic E-state index is 12.5. The van der Waals surface area contributed by atoms with Crippen molar-refractivity contribution in [2.45, 2.75) is 26.8 Å². The number of carbonyl (C=O) groups is 2. The van der Waals surface area contributed by atoms with Crippen molar-refractivity contribution in [3.05, 3.63) is 35.4 Å². The van der Waals surface area contributed by atoms with Crippen LogP contribution in [0.3, 0.4) is 0 Å². The van der Waals surface area contributed by atoms with Gasteiger partial charge >= 0.3 is 0 Å². The number of amides is 2. The van der Waals surface area contributed by atoms with E-state index in [0.29, 0.717) is 19.6 Å². The van der Waals surface area contributed by atoms with Gasteiger partial charge in [0, 0.05) is 37.8 Å². The largest absolute Gasteiger partial charge is 0.353 e. The second kappa shape index (κ2) is 7.40. The Labute approximate surface area is 132 Å². The molecule has 1 aromatic carbocycles. The Balaban J connectivity index is 1.86. The molecule has 1 heterocycles. The summed E-state index contributed by atoms with van der Waals surface area (Å²) in [7, 11) is 0. The van der Waals surface area contributed by atoms with Gasteiger partial charge in [-0.3, -0.25) is 14.5 Å². The molecule has 2 rings (SSSR count). The van der Waals surface area contributed by atoms with Crippen LogP contribution in [-0.4, -0.2) is 60.4 Å². The predicted octanol–water partition coefficient (Wildman–Crippen LogP) is 1.28. The Morgan fingerprint density at radius 2 is 1.77 bits per heavy atom. The number of nitrogens with one attached hydrogen (secondary N) is 1. The van der Waals surface area contributed by atoms with Gasteiger partial charge < -0.3 is 10.2 Å². The van der Waals surface area contributed by atoms with Crippen molar-refractivity contribution < 1.29 is 9.59 Å². The third kappa shape index (κ3) is 4.31. The van der Waals surface area contributed by atoms with Crippen LogP contribution in [0.1, 0.15) is 29.8 Å². The Kier molecular flexibility index (Phi) is 5.55. The molecule has 0 radical (unpaired) electrons. The highest BCUT2D eigenvalue weighted by Gasteiger charge is 2.23. The van der Waals surface area contributed by atoms with Crippen LogP contribution in [-0.2, 0) is 4.79 Å². The number of aryl methyl sites for hydroxylation is 1. The van der Waals surface area contributed by atoms with Crippen LogP contribution >= 0.6 is 0 Å². The van der Waals surface area contributed by atoms with E-state index in [-0.39, 0.29) is 17.9 Å². The fourth-order valence-corrected chi connectivity index (χ4v) is 2.66. The van der Waals surface area contributed by atoms with Gasteiger partial charge in [0.1, 0.15) is 0 Å². The minimum Gasteiger partial charge on any atom is -0.353 e. The smallest absolute Gasteiger partial charge is 0.254 e. The number of hydrogen-bond donors (Lipinski definition) is 1. The average Bonchev–Trinajstić information content (AvgIpc) is 2.47. The number of hydrogen-bond acceptors (Lipinski definition) is 3. The first kappa shape index (κ1) is 16.5. The highest BCUT2D eigenvalue weighted by molar-refractivity contribution is 5.95. The molecule has 5 nitrogen and oxygen atoms in total. The highest BCUT2D eigenvalue weighted by atomic mass is 16.2. The van der Waals surface area contributed by atoms with Crippen LogP contribution in [0, 0.1) is 6.92 Å². The van der Waals surface area contributed by atoms with Crippen LogP contribution in [0.25, 0.3) is 0 Å². The molecule has 1 fully saturated rings. The van der Waals surface area contributed by atoms with Crippen molar-refractivity contribution in [3.63, 3.8) is 0 Å². The summed E-state index contributed by atoms with van der Waals surface area (Å²) in [5, 5.41) is 2.90. The number of benzene rings is 1. The average molecular weight is 303 g/mol. The molecule has 0 aromatic heterocycles. The predicted molar refractivity (Wildman–Crippen MR) is 86.8 cm³/mol. The first-order chi connectivity index (χ1) is 10.5. The molecular formula is C17H25N3O2. The first-order valence-electron chi connectivity index (χ1n) is 7.84. The van der Waals surface area contributed by atoms with Crippen LogP contribution in [0.2, 0.25) is 0 Å². The van der Waals surface area contributed by atoms with Crippen molar-refractivity contribution in [2.75, 3.05) is 32.7 Å². The van der Waals surface area contributed by atoms with Gasteiger partial charge in [-0.1, -0.05) is 18.2 Å². The normalized spacial score (nSPS) is 15.9. The van der Waals surface area contributed by atoms with Crippen LogP contribution in [0.5, 0.6) is 0 Å². The molecule has 1 aliphatic heterocycles. The van der Waals surface area contributed by atoms with E-state index in [1.54, 1.807) is 0 Å². The van der Waals surface area contributed by atoms with Crippen LogP contribution < -0.4 is 5.32 Å². The molecule has 22 heavy (non-hydrogen) atoms. The molecule has 5 heteroatoms. The third-order valence-electron chi connectivity index (χ3n) is 3.85. The zero-order valence-corrected chi connectivity index (χ0v) is 13.6. The second-order valence-electron chi connectivity index (χ2n) is 6.11. The van der Waals surface area contributed by atoms with Crippen molar-refractivity contribution in [3.8, 4) is 0 Å². The Bertz CT molecular complexity index is 534. The van der Waals surface area contributed by atoms with Crippen molar-refractivity contribution in [1.82, 2.24) is 15.1 Å². The van der Waals surface area contributed by atoms with Gasteiger partial charge in [0.15, 0.2) is 0 Å². The number of carbonyl (C=O) groups excluding carboxylic acids is 2. The van der Waals surface area contributed by atoms with E-state index in [2.05, 4.69) is 10.2 Å². The summed E-state index contributed by atoms with van der Waals surface area (Å²) in [6.07, 6.45) is 0. The van der Waals surface area contributed by atoms with Gasteiger partial charge in [0.2, 0.25) is 5.91 Å². The SMILES string of the molecule is Cc1ccccc1C(=O)N1CCN(CC(=O)NC(C)C)CC1. The lowest BCUT2D eigenvalue weighted by atomic mass is 10.1. The van der Waals surface area contributed by atoms with Gasteiger partial charge in [-0.2, -0.15) is 0 Å². The van der Waals surface area contributed by atoms with E-state index in [9.17, 15) is 9.59 Å². The fourth-order valence-electron chi connectivity index (χ4n) is 2.66. The summed E-state index contributed by atoms with van der Waals surface area (Å²) in [5.74, 6) is 0.137. The number of nitrogens with zero attached hydrogens (tertiary/aromatic N) is 2. The second-order valence-corrected chi connectivity index (χ2v) is 6.11. The van der Waals surface area contributed by atoms with E-state index < -0.39 is 0 Å². The molecule has 1 saturated heterocycles. The molecular weight excluding hydrogens is 278 g/mol. The summed E-state index contributed by atoms with van der Waals surface area (Å²) >= 11 is 0. The molecule has 120 valence electrons. The zero-order chi connectivity index (χ0) is 16.1. The summed E-state index contributed by atoms with van der Waals surface area (Å²) < 4.78 is 0. The highest BCUT2D eigenvalue weighted by Crippen LogP contribution is 2.12. The first-order valence-corrected chi connectivity index (χ1v) is 7.84. The lowest BCUT2D eigenvalue weighted by Crippen LogP contribution is -2.51. The maximum Gasteiger partial charge on any atom is 0.254 e. The summed E-state index contributed by atoms with van der Waals surface area (Å²) in [5.41, 5.74) is 1.78. The number of rotatable bonds is 4. The van der Waals surface area contributed by atoms with E-state index in [4.69, 9.17) is 0 Å². The minimum absolute atomic E-state index is 0.0497. The fraction of sp³-hybridized carbons (Fsp3) is 0.529. The van der Waals surface area contributed by atoms with E-state index >= 15 is 0 Å². The van der Waals surface area contributed by atoms with Crippen LogP contribution in [0.4, 0.5) is 0 Å². The van der Waals surface area contributed by atoms with E-state index in [1.165, 1.54) is 0 Å². The molecule has 1 aromatic rings. The van der Waals surface area contributed by atoms with Crippen molar-refractivity contribution >= 4 is 11.8 Å². The molecule has 0 spiro atoms. The minimum atomic E-state index is 0.0497. The Hall–Kier alpha value is -1.88. The maximum absolute atomic E-state index is 12.5. The standard InChI is InChI=1S/C17H25N3O2/c1-13(2)18-16(21)12-19-8-10-20(11-9-19)17(22)15-7-5-4-6-14(15)3/h4-7,13H,8-12H2,1-3H3,(H,18,21). The van der Waals surface area contributed by atoms with Crippen LogP contribution in [0.15, 0.2) is 24.3 Å². The lowest BCUT2D eigenvalue weighted by molar-refractivity contribution is -0.123. The number of piperazine rings is 1. The molecule has 1 aliphatic rings. The Morgan fingerprint density at radius 1 is 1.14 bits per heavy atom. The lowest BCUT2D eigenvalue weighted by Gasteiger charge is -2.34. The van der Waals surface area contributed by atoms with Gasteiger partial charge in [-0.25, -0.2) is 0 Å². The van der Waals surface area contributed by atoms with Gasteiger partial charge in [0.05, 0.1) is 6.54 Å². The summed E-state index contributed by atoms with van der Waals surface area (Å²) in [6, 6.07) is 7.83. The van der Waals surface area contributed by atoms with Crippen molar-refractivity contribution in [1.29, 1.82) is 0 Å². The molecule has 0 atom stereocenters. The molecule has 0 aliphatic carbocycles. The van der Waals surface area contributed by atoms with E-state index in [1.807, 2.05) is 49.9 Å². The molecule has 2 amide bonds. The molecule has 0 bridgehead atoms. The molecule has 0 saturated carbocycles. The summed E-state index contributed by atoms with van der Waals surface area (Å²) in [6.45, 7) is 9.09. The van der Waals surface area contributed by atoms with Gasteiger partial charge in [-0.15, -0.1) is 0 Å². The molecule has 0 unspecified atom stereocenters. The zero-order valence-electron chi connectivity index (χ0n) is 13.6. The van der Waals surface area contributed by atoms with Gasteiger partial charge in [0.25, 0.3) is 5.91 Å². The van der Waals surface area contributed by atoms with Crippen molar-refractivity contribution in [2.24, 2.45) is 0 Å². The topological polar surface area (TPSA) is 52.7 Å². The van der Waals surface area contributed by atoms with Gasteiger partial charge in [-0.05, 0) is 32.4 Å². The third-order valence-corrected chi connectivity index (χ3v) is 3.85. The molecule has 1 N–H and O–H groups in total. The van der Waals surface area contributed by atoms with E-state index in [0.717, 1.165) is 24.2 Å².